The summed E-state index contributed by atoms with van der Waals surface area (Å²) in [4.78, 5) is 14.3. The van der Waals surface area contributed by atoms with Crippen molar-refractivity contribution >= 4 is 8.25 Å². The van der Waals surface area contributed by atoms with E-state index in [-0.39, 0.29) is 38.6 Å². The summed E-state index contributed by atoms with van der Waals surface area (Å²) < 4.78 is 8.74. The average Bonchev–Trinajstić information content (AvgIpc) is 0.811. The summed E-state index contributed by atoms with van der Waals surface area (Å²) >= 11 is 0. The topological polar surface area (TPSA) is 57.5 Å². The smallest absolute Gasteiger partial charge is 0.314 e. The van der Waals surface area contributed by atoms with Gasteiger partial charge in [0.15, 0.2) is 0 Å². The molecule has 0 aliphatic heterocycles. The molecule has 0 rings (SSSR count). The van der Waals surface area contributed by atoms with E-state index < -0.39 is 8.25 Å². The zero-order valence-corrected chi connectivity index (χ0v) is 5.27. The summed E-state index contributed by atoms with van der Waals surface area (Å²) in [7, 11) is -3.13. The maximum Gasteiger partial charge on any atom is 0.314 e. The Morgan fingerprint density at radius 3 is 1.40 bits per heavy atom. The van der Waals surface area contributed by atoms with Gasteiger partial charge in [0.05, 0.1) is 0 Å². The molecule has 0 aromatic heterocycles. The molecule has 0 aliphatic rings. The third-order valence-electron chi connectivity index (χ3n) is 0. The van der Waals surface area contributed by atoms with Crippen molar-refractivity contribution in [3.05, 3.63) is 0 Å². The molecule has 0 unspecified atom stereocenters. The summed E-state index contributed by atoms with van der Waals surface area (Å²) in [5.74, 6) is 0. The molecule has 0 bridgehead atoms. The van der Waals surface area contributed by atoms with Gasteiger partial charge in [0, 0.05) is 38.6 Å². The molecule has 0 saturated carbocycles. The van der Waals surface area contributed by atoms with Crippen molar-refractivity contribution in [2.24, 2.45) is 0 Å². The third kappa shape index (κ3) is 31.1. The van der Waals surface area contributed by atoms with E-state index in [4.69, 9.17) is 14.4 Å². The largest absolute Gasteiger partial charge is 0.326 e. The van der Waals surface area contributed by atoms with E-state index in [0.717, 1.165) is 0 Å². The van der Waals surface area contributed by atoms with Gasteiger partial charge in [0.25, 0.3) is 0 Å². The molecule has 1 radical (unpaired) electrons. The van der Waals surface area contributed by atoms with Gasteiger partial charge < -0.3 is 9.79 Å². The number of hydrogen-bond acceptors (Lipinski definition) is 1. The Morgan fingerprint density at radius 1 is 1.40 bits per heavy atom. The molecule has 5 heavy (non-hydrogen) atoms. The van der Waals surface area contributed by atoms with Gasteiger partial charge >= 0.3 is 8.25 Å². The molecule has 0 fully saturated rings. The Bertz CT molecular complexity index is 29.9. The van der Waals surface area contributed by atoms with Crippen LogP contribution in [0.1, 0.15) is 0 Å². The van der Waals surface area contributed by atoms with Crippen LogP contribution in [0.15, 0.2) is 0 Å². The minimum Gasteiger partial charge on any atom is -0.326 e. The van der Waals surface area contributed by atoms with E-state index in [1.807, 2.05) is 0 Å². The van der Waals surface area contributed by atoms with Gasteiger partial charge in [-0.1, -0.05) is 0 Å². The van der Waals surface area contributed by atoms with Crippen LogP contribution in [-0.4, -0.2) is 9.79 Å². The molecule has 0 aromatic rings. The van der Waals surface area contributed by atoms with Crippen molar-refractivity contribution in [1.29, 1.82) is 0 Å². The van der Waals surface area contributed by atoms with Gasteiger partial charge in [-0.15, -0.1) is 0 Å². The Kier molecular flexibility index (Phi) is 10.5. The molecule has 0 aromatic carbocycles. The van der Waals surface area contributed by atoms with E-state index >= 15 is 0 Å². The number of hydrogen-bond donors (Lipinski definition) is 2. The fourth-order valence-electron chi connectivity index (χ4n) is 0. The predicted molar refractivity (Wildman–Crippen MR) is 13.4 cm³/mol. The van der Waals surface area contributed by atoms with Crippen LogP contribution in [0.5, 0.6) is 0 Å². The van der Waals surface area contributed by atoms with Crippen LogP contribution >= 0.6 is 8.25 Å². The molecule has 35 valence electrons. The molecule has 0 amide bonds. The van der Waals surface area contributed by atoms with Gasteiger partial charge in [0.2, 0.25) is 0 Å². The number of rotatable bonds is 0. The Morgan fingerprint density at radius 2 is 1.40 bits per heavy atom. The fourth-order valence-corrected chi connectivity index (χ4v) is 0. The minimum absolute atomic E-state index is 0. The maximum absolute atomic E-state index is 8.74. The molecule has 2 N–H and O–H groups in total. The van der Waals surface area contributed by atoms with Crippen LogP contribution in [0.2, 0.25) is 0 Å². The predicted octanol–water partition coefficient (Wildman–Crippen LogP) is -0.639. The SMILES string of the molecule is O=[PH](O)O.[Tb]. The summed E-state index contributed by atoms with van der Waals surface area (Å²) in [5, 5.41) is 0. The first-order valence-electron chi connectivity index (χ1n) is 0.651. The van der Waals surface area contributed by atoms with Crippen LogP contribution in [-0.2, 0) is 4.57 Å². The molecule has 0 atom stereocenters. The van der Waals surface area contributed by atoms with Gasteiger partial charge in [-0.3, -0.25) is 4.57 Å². The molecule has 3 nitrogen and oxygen atoms in total. The molecule has 0 heterocycles. The van der Waals surface area contributed by atoms with E-state index in [2.05, 4.69) is 0 Å². The first-order valence-corrected chi connectivity index (χ1v) is 1.95. The van der Waals surface area contributed by atoms with Gasteiger partial charge in [0.1, 0.15) is 0 Å². The van der Waals surface area contributed by atoms with Crippen LogP contribution in [0.4, 0.5) is 0 Å². The van der Waals surface area contributed by atoms with E-state index in [9.17, 15) is 0 Å². The summed E-state index contributed by atoms with van der Waals surface area (Å²) in [5.41, 5.74) is 0. The fraction of sp³-hybridized carbons (Fsp3) is 0. The Hall–Kier alpha value is 1.44. The zero-order chi connectivity index (χ0) is 3.58. The van der Waals surface area contributed by atoms with Crippen molar-refractivity contribution in [1.82, 2.24) is 0 Å². The maximum atomic E-state index is 8.74. The third-order valence-corrected chi connectivity index (χ3v) is 0. The molecular weight excluding hydrogens is 238 g/mol. The van der Waals surface area contributed by atoms with Crippen molar-refractivity contribution in [3.63, 3.8) is 0 Å². The quantitative estimate of drug-likeness (QED) is 0.554. The molecule has 0 aliphatic carbocycles. The van der Waals surface area contributed by atoms with Crippen molar-refractivity contribution in [2.75, 3.05) is 0 Å². The molecule has 0 saturated heterocycles. The van der Waals surface area contributed by atoms with E-state index in [1.54, 1.807) is 0 Å². The van der Waals surface area contributed by atoms with Crippen molar-refractivity contribution in [2.45, 2.75) is 0 Å². The first-order chi connectivity index (χ1) is 1.73. The minimum atomic E-state index is -3.13. The van der Waals surface area contributed by atoms with Gasteiger partial charge in [-0.25, -0.2) is 0 Å². The molecular formula is H3O3PTb. The Labute approximate surface area is 60.8 Å². The Balaban J connectivity index is 0. The average molecular weight is 241 g/mol. The van der Waals surface area contributed by atoms with E-state index in [0.29, 0.717) is 0 Å². The van der Waals surface area contributed by atoms with Crippen LogP contribution < -0.4 is 0 Å². The van der Waals surface area contributed by atoms with Crippen molar-refractivity contribution < 1.29 is 53.0 Å². The molecule has 5 heteroatoms. The van der Waals surface area contributed by atoms with Crippen LogP contribution in [0, 0.1) is 38.6 Å². The summed E-state index contributed by atoms with van der Waals surface area (Å²) in [6, 6.07) is 0. The van der Waals surface area contributed by atoms with Gasteiger partial charge in [-0.2, -0.15) is 0 Å². The standard InChI is InChI=1S/H3O3P.Tb/c1-4(2)3;/h4H,(H2,1,2,3);. The van der Waals surface area contributed by atoms with Crippen LogP contribution in [0.3, 0.4) is 0 Å². The first kappa shape index (κ1) is 9.66. The molecule has 0 spiro atoms. The van der Waals surface area contributed by atoms with Crippen LogP contribution in [0.25, 0.3) is 0 Å². The second-order valence-corrected chi connectivity index (χ2v) is 0.848. The van der Waals surface area contributed by atoms with E-state index in [1.165, 1.54) is 0 Å². The summed E-state index contributed by atoms with van der Waals surface area (Å²) in [6.07, 6.45) is 0. The zero-order valence-electron chi connectivity index (χ0n) is 2.14. The monoisotopic (exact) mass is 241 g/mol. The van der Waals surface area contributed by atoms with Gasteiger partial charge in [-0.05, 0) is 0 Å². The normalized spacial score (nSPS) is 7.00. The second-order valence-electron chi connectivity index (χ2n) is 0.283. The second kappa shape index (κ2) is 5.44. The van der Waals surface area contributed by atoms with Crippen molar-refractivity contribution in [3.8, 4) is 0 Å². The summed E-state index contributed by atoms with van der Waals surface area (Å²) in [6.45, 7) is 0.